The third-order valence-corrected chi connectivity index (χ3v) is 3.20. The SMILES string of the molecule is COC(=O)CCCCCNC(=O)c1ccc(C)cc1C. The molecule has 1 aromatic carbocycles. The summed E-state index contributed by atoms with van der Waals surface area (Å²) in [6.45, 7) is 4.58. The summed E-state index contributed by atoms with van der Waals surface area (Å²) in [4.78, 5) is 22.9. The van der Waals surface area contributed by atoms with Crippen LogP contribution in [0.15, 0.2) is 18.2 Å². The Balaban J connectivity index is 2.25. The first-order chi connectivity index (χ1) is 9.54. The van der Waals surface area contributed by atoms with Crippen LogP contribution in [-0.2, 0) is 9.53 Å². The van der Waals surface area contributed by atoms with Crippen molar-refractivity contribution in [1.29, 1.82) is 0 Å². The number of nitrogens with one attached hydrogen (secondary N) is 1. The molecule has 4 heteroatoms. The third kappa shape index (κ3) is 5.43. The maximum atomic E-state index is 12.0. The van der Waals surface area contributed by atoms with Crippen molar-refractivity contribution in [3.05, 3.63) is 34.9 Å². The molecule has 110 valence electrons. The molecule has 0 unspecified atom stereocenters. The number of benzene rings is 1. The molecule has 1 rings (SSSR count). The molecule has 0 saturated carbocycles. The van der Waals surface area contributed by atoms with Gasteiger partial charge in [0.15, 0.2) is 0 Å². The monoisotopic (exact) mass is 277 g/mol. The Bertz CT molecular complexity index is 469. The lowest BCUT2D eigenvalue weighted by atomic mass is 10.1. The second kappa shape index (κ2) is 8.35. The number of rotatable bonds is 7. The van der Waals surface area contributed by atoms with Crippen molar-refractivity contribution < 1.29 is 14.3 Å². The molecule has 1 N–H and O–H groups in total. The Kier molecular flexibility index (Phi) is 6.77. The summed E-state index contributed by atoms with van der Waals surface area (Å²) in [5.74, 6) is -0.209. The van der Waals surface area contributed by atoms with Crippen LogP contribution >= 0.6 is 0 Å². The first-order valence-electron chi connectivity index (χ1n) is 6.97. The Labute approximate surface area is 120 Å². The van der Waals surface area contributed by atoms with E-state index in [4.69, 9.17) is 0 Å². The minimum Gasteiger partial charge on any atom is -0.469 e. The number of methoxy groups -OCH3 is 1. The maximum absolute atomic E-state index is 12.0. The van der Waals surface area contributed by atoms with Gasteiger partial charge in [-0.25, -0.2) is 0 Å². The molecule has 1 amide bonds. The van der Waals surface area contributed by atoms with E-state index in [1.165, 1.54) is 7.11 Å². The smallest absolute Gasteiger partial charge is 0.305 e. The van der Waals surface area contributed by atoms with Crippen molar-refractivity contribution in [1.82, 2.24) is 5.32 Å². The van der Waals surface area contributed by atoms with Crippen LogP contribution in [0.2, 0.25) is 0 Å². The molecule has 4 nitrogen and oxygen atoms in total. The van der Waals surface area contributed by atoms with Crippen LogP contribution in [0.4, 0.5) is 0 Å². The van der Waals surface area contributed by atoms with Gasteiger partial charge in [-0.3, -0.25) is 9.59 Å². The fourth-order valence-corrected chi connectivity index (χ4v) is 2.04. The molecule has 0 heterocycles. The van der Waals surface area contributed by atoms with E-state index >= 15 is 0 Å². The fraction of sp³-hybridized carbons (Fsp3) is 0.500. The molecular weight excluding hydrogens is 254 g/mol. The standard InChI is InChI=1S/C16H23NO3/c1-12-8-9-14(13(2)11-12)16(19)17-10-6-4-5-7-15(18)20-3/h8-9,11H,4-7,10H2,1-3H3,(H,17,19). The molecule has 0 fully saturated rings. The molecule has 0 atom stereocenters. The lowest BCUT2D eigenvalue weighted by molar-refractivity contribution is -0.140. The Hall–Kier alpha value is -1.84. The van der Waals surface area contributed by atoms with E-state index in [0.29, 0.717) is 13.0 Å². The number of esters is 1. The highest BCUT2D eigenvalue weighted by Crippen LogP contribution is 2.10. The normalized spacial score (nSPS) is 10.2. The topological polar surface area (TPSA) is 55.4 Å². The lowest BCUT2D eigenvalue weighted by Crippen LogP contribution is -2.25. The molecule has 0 aliphatic rings. The van der Waals surface area contributed by atoms with E-state index < -0.39 is 0 Å². The average Bonchev–Trinajstić information content (AvgIpc) is 2.42. The number of hydrogen-bond acceptors (Lipinski definition) is 3. The zero-order chi connectivity index (χ0) is 15.0. The summed E-state index contributed by atoms with van der Waals surface area (Å²) in [5, 5.41) is 2.91. The zero-order valence-corrected chi connectivity index (χ0v) is 12.5. The number of ether oxygens (including phenoxy) is 1. The summed E-state index contributed by atoms with van der Waals surface area (Å²) in [6.07, 6.45) is 3.02. The van der Waals surface area contributed by atoms with Gasteiger partial charge in [-0.15, -0.1) is 0 Å². The molecule has 0 radical (unpaired) electrons. The van der Waals surface area contributed by atoms with Crippen molar-refractivity contribution in [2.45, 2.75) is 39.5 Å². The van der Waals surface area contributed by atoms with Gasteiger partial charge in [-0.2, -0.15) is 0 Å². The van der Waals surface area contributed by atoms with E-state index in [9.17, 15) is 9.59 Å². The van der Waals surface area contributed by atoms with E-state index in [1.54, 1.807) is 0 Å². The largest absolute Gasteiger partial charge is 0.469 e. The number of unbranched alkanes of at least 4 members (excludes halogenated alkanes) is 2. The molecule has 0 saturated heterocycles. The summed E-state index contributed by atoms with van der Waals surface area (Å²) >= 11 is 0. The van der Waals surface area contributed by atoms with Gasteiger partial charge in [-0.1, -0.05) is 24.1 Å². The number of carbonyl (C=O) groups is 2. The van der Waals surface area contributed by atoms with Crippen LogP contribution < -0.4 is 5.32 Å². The minimum absolute atomic E-state index is 0.0320. The summed E-state index contributed by atoms with van der Waals surface area (Å²) < 4.78 is 4.57. The quantitative estimate of drug-likeness (QED) is 0.616. The van der Waals surface area contributed by atoms with Gasteiger partial charge < -0.3 is 10.1 Å². The van der Waals surface area contributed by atoms with Gasteiger partial charge in [0.2, 0.25) is 0 Å². The third-order valence-electron chi connectivity index (χ3n) is 3.20. The first kappa shape index (κ1) is 16.2. The predicted octanol–water partition coefficient (Wildman–Crippen LogP) is 2.77. The Morgan fingerprint density at radius 1 is 1.15 bits per heavy atom. The molecule has 0 aliphatic carbocycles. The van der Waals surface area contributed by atoms with Crippen LogP contribution in [0.1, 0.15) is 47.2 Å². The average molecular weight is 277 g/mol. The highest BCUT2D eigenvalue weighted by Gasteiger charge is 2.08. The Morgan fingerprint density at radius 2 is 1.90 bits per heavy atom. The summed E-state index contributed by atoms with van der Waals surface area (Å²) in [6, 6.07) is 5.81. The summed E-state index contributed by atoms with van der Waals surface area (Å²) in [7, 11) is 1.40. The second-order valence-electron chi connectivity index (χ2n) is 4.96. The van der Waals surface area contributed by atoms with Crippen LogP contribution in [0.25, 0.3) is 0 Å². The maximum Gasteiger partial charge on any atom is 0.305 e. The van der Waals surface area contributed by atoms with E-state index in [0.717, 1.165) is 36.0 Å². The fourth-order valence-electron chi connectivity index (χ4n) is 2.04. The van der Waals surface area contributed by atoms with Crippen LogP contribution in [0.5, 0.6) is 0 Å². The van der Waals surface area contributed by atoms with Gasteiger partial charge in [0.25, 0.3) is 5.91 Å². The van der Waals surface area contributed by atoms with Crippen molar-refractivity contribution >= 4 is 11.9 Å². The van der Waals surface area contributed by atoms with E-state index in [1.807, 2.05) is 32.0 Å². The van der Waals surface area contributed by atoms with Gasteiger partial charge in [0.1, 0.15) is 0 Å². The number of carbonyl (C=O) groups excluding carboxylic acids is 2. The zero-order valence-electron chi connectivity index (χ0n) is 12.5. The van der Waals surface area contributed by atoms with Gasteiger partial charge in [0, 0.05) is 18.5 Å². The van der Waals surface area contributed by atoms with Crippen molar-refractivity contribution in [3.63, 3.8) is 0 Å². The number of hydrogen-bond donors (Lipinski definition) is 1. The molecule has 20 heavy (non-hydrogen) atoms. The van der Waals surface area contributed by atoms with Gasteiger partial charge >= 0.3 is 5.97 Å². The molecule has 0 aliphatic heterocycles. The number of amides is 1. The highest BCUT2D eigenvalue weighted by molar-refractivity contribution is 5.95. The van der Waals surface area contributed by atoms with Crippen molar-refractivity contribution in [2.75, 3.05) is 13.7 Å². The predicted molar refractivity (Wildman–Crippen MR) is 78.7 cm³/mol. The molecule has 0 bridgehead atoms. The van der Waals surface area contributed by atoms with Gasteiger partial charge in [0.05, 0.1) is 7.11 Å². The number of aryl methyl sites for hydroxylation is 2. The van der Waals surface area contributed by atoms with Crippen LogP contribution in [0, 0.1) is 13.8 Å². The molecular formula is C16H23NO3. The van der Waals surface area contributed by atoms with E-state index in [2.05, 4.69) is 10.1 Å². The molecule has 0 aromatic heterocycles. The van der Waals surface area contributed by atoms with E-state index in [-0.39, 0.29) is 11.9 Å². The minimum atomic E-state index is -0.177. The second-order valence-corrected chi connectivity index (χ2v) is 4.96. The van der Waals surface area contributed by atoms with Crippen LogP contribution in [0.3, 0.4) is 0 Å². The van der Waals surface area contributed by atoms with Crippen molar-refractivity contribution in [3.8, 4) is 0 Å². The first-order valence-corrected chi connectivity index (χ1v) is 6.97. The highest BCUT2D eigenvalue weighted by atomic mass is 16.5. The van der Waals surface area contributed by atoms with Gasteiger partial charge in [-0.05, 0) is 38.3 Å². The van der Waals surface area contributed by atoms with Crippen molar-refractivity contribution in [2.24, 2.45) is 0 Å². The Morgan fingerprint density at radius 3 is 2.55 bits per heavy atom. The lowest BCUT2D eigenvalue weighted by Gasteiger charge is -2.08. The van der Waals surface area contributed by atoms with Crippen LogP contribution in [-0.4, -0.2) is 25.5 Å². The summed E-state index contributed by atoms with van der Waals surface area (Å²) in [5.41, 5.74) is 2.88. The molecule has 1 aromatic rings. The molecule has 0 spiro atoms.